The molecule has 91 heavy (non-hydrogen) atoms. The summed E-state index contributed by atoms with van der Waals surface area (Å²) in [5.74, 6) is -1.59. The summed E-state index contributed by atoms with van der Waals surface area (Å²) in [5, 5.41) is 20.5. The van der Waals surface area contributed by atoms with E-state index < -0.39 is 91.5 Å². The van der Waals surface area contributed by atoms with E-state index in [1.54, 1.807) is 0 Å². The fraction of sp³-hybridized carbons (Fsp3) is 0.740. The molecule has 0 rings (SSSR count). The van der Waals surface area contributed by atoms with Crippen molar-refractivity contribution in [3.05, 3.63) is 97.2 Å². The van der Waals surface area contributed by atoms with E-state index in [1.807, 2.05) is 0 Å². The highest BCUT2D eigenvalue weighted by atomic mass is 31.2. The Hall–Kier alpha value is -3.53. The number of aliphatic hydroxyl groups is 2. The van der Waals surface area contributed by atoms with Gasteiger partial charge in [-0.2, -0.15) is 0 Å². The molecule has 0 fully saturated rings. The van der Waals surface area contributed by atoms with Crippen LogP contribution >= 0.6 is 15.6 Å². The maximum Gasteiger partial charge on any atom is 0.472 e. The van der Waals surface area contributed by atoms with Crippen LogP contribution in [-0.4, -0.2) is 95.9 Å². The van der Waals surface area contributed by atoms with Gasteiger partial charge >= 0.3 is 33.6 Å². The van der Waals surface area contributed by atoms with Gasteiger partial charge in [-0.1, -0.05) is 259 Å². The number of allylic oxidation sites excluding steroid dienone is 16. The minimum atomic E-state index is -4.92. The predicted octanol–water partition coefficient (Wildman–Crippen LogP) is 19.9. The third kappa shape index (κ3) is 67.7. The molecule has 0 saturated carbocycles. The van der Waals surface area contributed by atoms with Crippen molar-refractivity contribution in [2.24, 2.45) is 0 Å². The van der Waals surface area contributed by atoms with E-state index in [-0.39, 0.29) is 19.3 Å². The van der Waals surface area contributed by atoms with Crippen molar-refractivity contribution in [1.29, 1.82) is 0 Å². The van der Waals surface area contributed by atoms with E-state index in [9.17, 15) is 43.5 Å². The standard InChI is InChI=1S/C73H128O16P2/c1-4-7-10-13-16-19-22-23-24-25-26-27-28-29-30-31-32-33-34-35-36-37-38-39-40-41-42-43-46-48-50-53-56-59-71(76)83-62-68(74)63-85-90(79,80)86-64-69(75)65-87-91(81,82)88-67-70(89-73(78)61-58-55-52-49-45-21-18-15-12-9-6-3)66-84-72(77)60-57-54-51-47-44-20-17-14-11-8-5-2/h7,10,14-19,23-24,26-27,29-30,32-33,68-70,74-75H,4-6,8-9,11-13,20-22,25,28,31,34-67H2,1-3H3,(H,79,80)(H,81,82)/b10-7-,17-14-,18-15-,19-16-,24-23-,27-26-,30-29-,33-32-. The molecule has 5 atom stereocenters. The van der Waals surface area contributed by atoms with Crippen LogP contribution < -0.4 is 0 Å². The van der Waals surface area contributed by atoms with Crippen LogP contribution in [0.25, 0.3) is 0 Å². The number of rotatable bonds is 67. The predicted molar refractivity (Wildman–Crippen MR) is 371 cm³/mol. The van der Waals surface area contributed by atoms with Gasteiger partial charge in [-0.25, -0.2) is 9.13 Å². The van der Waals surface area contributed by atoms with Crippen molar-refractivity contribution < 1.29 is 75.8 Å². The fourth-order valence-electron chi connectivity index (χ4n) is 9.30. The lowest BCUT2D eigenvalue weighted by atomic mass is 10.0. The number of esters is 3. The van der Waals surface area contributed by atoms with Crippen LogP contribution in [0.3, 0.4) is 0 Å². The van der Waals surface area contributed by atoms with Crippen LogP contribution in [0.1, 0.15) is 290 Å². The normalized spacial score (nSPS) is 14.8. The summed E-state index contributed by atoms with van der Waals surface area (Å²) in [6, 6.07) is 0. The first-order chi connectivity index (χ1) is 44.2. The monoisotopic (exact) mass is 1320 g/mol. The molecule has 0 bridgehead atoms. The van der Waals surface area contributed by atoms with Crippen molar-refractivity contribution >= 4 is 33.6 Å². The molecule has 5 unspecified atom stereocenters. The summed E-state index contributed by atoms with van der Waals surface area (Å²) in [4.78, 5) is 58.2. The van der Waals surface area contributed by atoms with Gasteiger partial charge in [0.05, 0.1) is 26.4 Å². The molecule has 0 aliphatic rings. The first-order valence-corrected chi connectivity index (χ1v) is 38.5. The first kappa shape index (κ1) is 87.5. The quantitative estimate of drug-likeness (QED) is 0.0146. The number of aliphatic hydroxyl groups excluding tert-OH is 2. The second kappa shape index (κ2) is 66.5. The smallest absolute Gasteiger partial charge is 0.463 e. The first-order valence-electron chi connectivity index (χ1n) is 35.5. The molecule has 4 N–H and O–H groups in total. The van der Waals surface area contributed by atoms with E-state index in [4.69, 9.17) is 32.3 Å². The molecule has 0 heterocycles. The van der Waals surface area contributed by atoms with Gasteiger partial charge in [-0.15, -0.1) is 0 Å². The number of carbonyl (C=O) groups is 3. The number of carbonyl (C=O) groups excluding carboxylic acids is 3. The topological polar surface area (TPSA) is 231 Å². The molecule has 0 spiro atoms. The van der Waals surface area contributed by atoms with Crippen LogP contribution in [0, 0.1) is 0 Å². The molecule has 0 radical (unpaired) electrons. The molecular weight excluding hydrogens is 1190 g/mol. The molecule has 0 saturated heterocycles. The second-order valence-electron chi connectivity index (χ2n) is 23.6. The van der Waals surface area contributed by atoms with Crippen LogP contribution in [0.5, 0.6) is 0 Å². The third-order valence-corrected chi connectivity index (χ3v) is 16.7. The zero-order valence-corrected chi connectivity index (χ0v) is 58.8. The Labute approximate surface area is 552 Å². The maximum atomic E-state index is 12.8. The van der Waals surface area contributed by atoms with Gasteiger partial charge in [0.15, 0.2) is 6.10 Å². The summed E-state index contributed by atoms with van der Waals surface area (Å²) in [7, 11) is -9.76. The SMILES string of the molecule is CC/C=C\C/C=C\C/C=C\C/C=C\C/C=C\C/C=C\CCCCCCCCCCCCCCCCC(=O)OCC(O)COP(=O)(O)OCC(O)COP(=O)(O)OCC(COC(=O)CCCCCCC/C=C\CCCC)OC(=O)CCCCCCC/C=C\CCCC. The molecular formula is C73H128O16P2. The van der Waals surface area contributed by atoms with Gasteiger partial charge in [0.2, 0.25) is 0 Å². The van der Waals surface area contributed by atoms with Gasteiger partial charge in [-0.3, -0.25) is 32.5 Å². The van der Waals surface area contributed by atoms with Crippen LogP contribution in [0.2, 0.25) is 0 Å². The summed E-state index contributed by atoms with van der Waals surface area (Å²) >= 11 is 0. The summed E-state index contributed by atoms with van der Waals surface area (Å²) in [6.07, 6.45) is 73.6. The Morgan fingerprint density at radius 1 is 0.319 bits per heavy atom. The lowest BCUT2D eigenvalue weighted by molar-refractivity contribution is -0.161. The van der Waals surface area contributed by atoms with E-state index in [1.165, 1.54) is 89.9 Å². The van der Waals surface area contributed by atoms with Crippen molar-refractivity contribution in [1.82, 2.24) is 0 Å². The lowest BCUT2D eigenvalue weighted by Crippen LogP contribution is -2.30. The molecule has 18 heteroatoms. The van der Waals surface area contributed by atoms with Crippen molar-refractivity contribution in [2.45, 2.75) is 309 Å². The third-order valence-electron chi connectivity index (χ3n) is 14.8. The average molecular weight is 1320 g/mol. The number of hydrogen-bond acceptors (Lipinski definition) is 14. The van der Waals surface area contributed by atoms with Gasteiger partial charge in [-0.05, 0) is 109 Å². The number of phosphoric ester groups is 2. The Balaban J connectivity index is 4.28. The van der Waals surface area contributed by atoms with Crippen LogP contribution in [-0.2, 0) is 55.8 Å². The number of ether oxygens (including phenoxy) is 3. The van der Waals surface area contributed by atoms with Crippen molar-refractivity contribution in [3.8, 4) is 0 Å². The fourth-order valence-corrected chi connectivity index (χ4v) is 10.9. The molecule has 0 aliphatic carbocycles. The summed E-state index contributed by atoms with van der Waals surface area (Å²) in [6.45, 7) is 2.45. The van der Waals surface area contributed by atoms with Gasteiger partial charge in [0, 0.05) is 19.3 Å². The van der Waals surface area contributed by atoms with E-state index in [0.29, 0.717) is 19.3 Å². The highest BCUT2D eigenvalue weighted by Gasteiger charge is 2.29. The van der Waals surface area contributed by atoms with Gasteiger partial charge in [0.1, 0.15) is 25.4 Å². The Bertz CT molecular complexity index is 2050. The minimum Gasteiger partial charge on any atom is -0.463 e. The zero-order chi connectivity index (χ0) is 66.7. The molecule has 0 aromatic rings. The van der Waals surface area contributed by atoms with E-state index >= 15 is 0 Å². The number of unbranched alkanes of at least 4 members (excludes halogenated alkanes) is 28. The average Bonchev–Trinajstić information content (AvgIpc) is 3.65. The molecule has 0 aromatic carbocycles. The van der Waals surface area contributed by atoms with Gasteiger partial charge in [0.25, 0.3) is 0 Å². The highest BCUT2D eigenvalue weighted by Crippen LogP contribution is 2.45. The molecule has 16 nitrogen and oxygen atoms in total. The second-order valence-corrected chi connectivity index (χ2v) is 26.6. The Morgan fingerprint density at radius 2 is 0.582 bits per heavy atom. The van der Waals surface area contributed by atoms with Crippen molar-refractivity contribution in [2.75, 3.05) is 39.6 Å². The number of phosphoric acid groups is 2. The Morgan fingerprint density at radius 3 is 0.934 bits per heavy atom. The van der Waals surface area contributed by atoms with E-state index in [2.05, 4.69) is 118 Å². The van der Waals surface area contributed by atoms with Crippen LogP contribution in [0.4, 0.5) is 0 Å². The van der Waals surface area contributed by atoms with Gasteiger partial charge < -0.3 is 34.2 Å². The number of hydrogen-bond donors (Lipinski definition) is 4. The van der Waals surface area contributed by atoms with Crippen molar-refractivity contribution in [3.63, 3.8) is 0 Å². The lowest BCUT2D eigenvalue weighted by Gasteiger charge is -2.21. The van der Waals surface area contributed by atoms with E-state index in [0.717, 1.165) is 141 Å². The minimum absolute atomic E-state index is 0.0940. The molecule has 526 valence electrons. The molecule has 0 aromatic heterocycles. The Kier molecular flexibility index (Phi) is 63.9. The summed E-state index contributed by atoms with van der Waals surface area (Å²) < 4.78 is 60.7. The summed E-state index contributed by atoms with van der Waals surface area (Å²) in [5.41, 5.74) is 0. The highest BCUT2D eigenvalue weighted by molar-refractivity contribution is 7.47. The maximum absolute atomic E-state index is 12.8. The molecule has 0 aliphatic heterocycles. The molecule has 0 amide bonds. The zero-order valence-electron chi connectivity index (χ0n) is 57.0. The largest absolute Gasteiger partial charge is 0.472 e. The van der Waals surface area contributed by atoms with Crippen LogP contribution in [0.15, 0.2) is 97.2 Å².